The van der Waals surface area contributed by atoms with Crippen molar-refractivity contribution in [3.8, 4) is 0 Å². The van der Waals surface area contributed by atoms with Gasteiger partial charge >= 0.3 is 0 Å². The van der Waals surface area contributed by atoms with Gasteiger partial charge in [-0.1, -0.05) is 0 Å². The molecule has 14 heavy (non-hydrogen) atoms. The van der Waals surface area contributed by atoms with Crippen LogP contribution in [0, 0.1) is 0 Å². The van der Waals surface area contributed by atoms with E-state index in [4.69, 9.17) is 0 Å². The third-order valence-electron chi connectivity index (χ3n) is 2.66. The van der Waals surface area contributed by atoms with Crippen LogP contribution in [0.3, 0.4) is 0 Å². The zero-order chi connectivity index (χ0) is 9.80. The highest BCUT2D eigenvalue weighted by Gasteiger charge is 2.16. The van der Waals surface area contributed by atoms with Gasteiger partial charge in [0.15, 0.2) is 0 Å². The van der Waals surface area contributed by atoms with Crippen LogP contribution in [-0.4, -0.2) is 30.1 Å². The van der Waals surface area contributed by atoms with E-state index in [1.165, 1.54) is 18.5 Å². The molecule has 0 saturated carbocycles. The lowest BCUT2D eigenvalue weighted by Gasteiger charge is -2.22. The Morgan fingerprint density at radius 2 is 2.21 bits per heavy atom. The summed E-state index contributed by atoms with van der Waals surface area (Å²) in [5, 5.41) is 6.32. The summed E-state index contributed by atoms with van der Waals surface area (Å²) in [6, 6.07) is 2.02. The molecule has 2 rings (SSSR count). The van der Waals surface area contributed by atoms with Gasteiger partial charge in [0.25, 0.3) is 0 Å². The van der Waals surface area contributed by atoms with Crippen LogP contribution in [-0.2, 0) is 0 Å². The van der Waals surface area contributed by atoms with Crippen LogP contribution >= 0.6 is 0 Å². The molecule has 0 amide bonds. The number of piperidine rings is 1. The Hall–Kier alpha value is -1.16. The number of anilines is 1. The Bertz CT molecular complexity index is 294. The average molecular weight is 192 g/mol. The zero-order valence-electron chi connectivity index (χ0n) is 8.45. The molecule has 1 aliphatic heterocycles. The fourth-order valence-corrected chi connectivity index (χ4v) is 1.84. The molecule has 0 atom stereocenters. The largest absolute Gasteiger partial charge is 0.357 e. The van der Waals surface area contributed by atoms with Gasteiger partial charge in [0.1, 0.15) is 0 Å². The highest BCUT2D eigenvalue weighted by Crippen LogP contribution is 2.23. The van der Waals surface area contributed by atoms with Gasteiger partial charge in [-0.15, -0.1) is 0 Å². The van der Waals surface area contributed by atoms with Crippen LogP contribution in [0.15, 0.2) is 12.3 Å². The van der Waals surface area contributed by atoms with Crippen molar-refractivity contribution in [2.75, 3.05) is 25.5 Å². The Balaban J connectivity index is 2.13. The summed E-state index contributed by atoms with van der Waals surface area (Å²) in [5.41, 5.74) is 1.17. The minimum Gasteiger partial charge on any atom is -0.357 e. The third-order valence-corrected chi connectivity index (χ3v) is 2.66. The van der Waals surface area contributed by atoms with Gasteiger partial charge in [-0.05, 0) is 32.0 Å². The van der Waals surface area contributed by atoms with E-state index in [0.29, 0.717) is 5.92 Å². The molecule has 1 aromatic rings. The monoisotopic (exact) mass is 192 g/mol. The second-order valence-electron chi connectivity index (χ2n) is 3.58. The highest BCUT2D eigenvalue weighted by atomic mass is 15.1. The zero-order valence-corrected chi connectivity index (χ0v) is 8.45. The van der Waals surface area contributed by atoms with Gasteiger partial charge in [0, 0.05) is 24.9 Å². The summed E-state index contributed by atoms with van der Waals surface area (Å²) in [6.07, 6.45) is 4.19. The van der Waals surface area contributed by atoms with Gasteiger partial charge in [-0.25, -0.2) is 9.97 Å². The fraction of sp³-hybridized carbons (Fsp3) is 0.600. The van der Waals surface area contributed by atoms with Crippen LogP contribution in [0.4, 0.5) is 5.95 Å². The molecule has 1 aromatic heterocycles. The normalized spacial score (nSPS) is 18.1. The predicted octanol–water partition coefficient (Wildman–Crippen LogP) is 0.985. The van der Waals surface area contributed by atoms with Crippen molar-refractivity contribution >= 4 is 5.95 Å². The lowest BCUT2D eigenvalue weighted by atomic mass is 9.94. The van der Waals surface area contributed by atoms with Gasteiger partial charge in [0.2, 0.25) is 5.95 Å². The summed E-state index contributed by atoms with van der Waals surface area (Å²) in [7, 11) is 1.85. The summed E-state index contributed by atoms with van der Waals surface area (Å²) >= 11 is 0. The number of hydrogen-bond acceptors (Lipinski definition) is 4. The molecule has 4 nitrogen and oxygen atoms in total. The smallest absolute Gasteiger partial charge is 0.222 e. The highest BCUT2D eigenvalue weighted by molar-refractivity contribution is 5.25. The second kappa shape index (κ2) is 4.37. The van der Waals surface area contributed by atoms with Crippen molar-refractivity contribution in [2.24, 2.45) is 0 Å². The van der Waals surface area contributed by atoms with Gasteiger partial charge in [-0.2, -0.15) is 0 Å². The van der Waals surface area contributed by atoms with E-state index in [1.807, 2.05) is 19.3 Å². The molecule has 2 N–H and O–H groups in total. The van der Waals surface area contributed by atoms with Crippen LogP contribution in [0.2, 0.25) is 0 Å². The van der Waals surface area contributed by atoms with E-state index in [9.17, 15) is 0 Å². The SMILES string of the molecule is CNc1nccc(C2CCNCC2)n1. The van der Waals surface area contributed by atoms with Crippen LogP contribution in [0.5, 0.6) is 0 Å². The minimum absolute atomic E-state index is 0.603. The maximum atomic E-state index is 4.46. The molecule has 0 radical (unpaired) electrons. The molecule has 76 valence electrons. The Morgan fingerprint density at radius 3 is 2.93 bits per heavy atom. The standard InChI is InChI=1S/C10H16N4/c1-11-10-13-7-4-9(14-10)8-2-5-12-6-3-8/h4,7-8,12H,2-3,5-6H2,1H3,(H,11,13,14). The molecule has 0 aromatic carbocycles. The predicted molar refractivity (Wildman–Crippen MR) is 56.4 cm³/mol. The number of nitrogens with one attached hydrogen (secondary N) is 2. The molecule has 4 heteroatoms. The molecular formula is C10H16N4. The van der Waals surface area contributed by atoms with Crippen molar-refractivity contribution in [3.05, 3.63) is 18.0 Å². The van der Waals surface area contributed by atoms with E-state index >= 15 is 0 Å². The maximum Gasteiger partial charge on any atom is 0.222 e. The van der Waals surface area contributed by atoms with Crippen molar-refractivity contribution in [2.45, 2.75) is 18.8 Å². The topological polar surface area (TPSA) is 49.8 Å². The number of nitrogens with zero attached hydrogens (tertiary/aromatic N) is 2. The van der Waals surface area contributed by atoms with Gasteiger partial charge < -0.3 is 10.6 Å². The molecule has 0 unspecified atom stereocenters. The van der Waals surface area contributed by atoms with Gasteiger partial charge in [-0.3, -0.25) is 0 Å². The molecular weight excluding hydrogens is 176 g/mol. The Kier molecular flexibility index (Phi) is 2.93. The molecule has 0 spiro atoms. The second-order valence-corrected chi connectivity index (χ2v) is 3.58. The molecule has 2 heterocycles. The van der Waals surface area contributed by atoms with E-state index in [0.717, 1.165) is 19.0 Å². The van der Waals surface area contributed by atoms with Crippen LogP contribution < -0.4 is 10.6 Å². The molecule has 0 bridgehead atoms. The quantitative estimate of drug-likeness (QED) is 0.733. The maximum absolute atomic E-state index is 4.46. The van der Waals surface area contributed by atoms with E-state index in [-0.39, 0.29) is 0 Å². The van der Waals surface area contributed by atoms with Crippen molar-refractivity contribution < 1.29 is 0 Å². The van der Waals surface area contributed by atoms with Gasteiger partial charge in [0.05, 0.1) is 0 Å². The lowest BCUT2D eigenvalue weighted by molar-refractivity contribution is 0.453. The van der Waals surface area contributed by atoms with Crippen LogP contribution in [0.1, 0.15) is 24.5 Å². The van der Waals surface area contributed by atoms with E-state index in [2.05, 4.69) is 20.6 Å². The third kappa shape index (κ3) is 2.01. The van der Waals surface area contributed by atoms with Crippen molar-refractivity contribution in [1.29, 1.82) is 0 Å². The first kappa shape index (κ1) is 9.40. The molecule has 1 fully saturated rings. The molecule has 0 aliphatic carbocycles. The van der Waals surface area contributed by atoms with Crippen molar-refractivity contribution in [1.82, 2.24) is 15.3 Å². The summed E-state index contributed by atoms with van der Waals surface area (Å²) in [4.78, 5) is 8.58. The Labute approximate surface area is 84.2 Å². The summed E-state index contributed by atoms with van der Waals surface area (Å²) in [6.45, 7) is 2.20. The summed E-state index contributed by atoms with van der Waals surface area (Å²) < 4.78 is 0. The number of hydrogen-bond donors (Lipinski definition) is 2. The van der Waals surface area contributed by atoms with E-state index in [1.54, 1.807) is 0 Å². The first-order valence-electron chi connectivity index (χ1n) is 5.11. The fourth-order valence-electron chi connectivity index (χ4n) is 1.84. The van der Waals surface area contributed by atoms with Crippen LogP contribution in [0.25, 0.3) is 0 Å². The Morgan fingerprint density at radius 1 is 1.43 bits per heavy atom. The first-order chi connectivity index (χ1) is 6.90. The van der Waals surface area contributed by atoms with E-state index < -0.39 is 0 Å². The molecule has 1 saturated heterocycles. The first-order valence-corrected chi connectivity index (χ1v) is 5.11. The molecule has 1 aliphatic rings. The minimum atomic E-state index is 0.603. The summed E-state index contributed by atoms with van der Waals surface area (Å²) in [5.74, 6) is 1.33. The number of aromatic nitrogens is 2. The lowest BCUT2D eigenvalue weighted by Crippen LogP contribution is -2.27. The number of rotatable bonds is 2. The average Bonchev–Trinajstić information content (AvgIpc) is 2.30. The van der Waals surface area contributed by atoms with Crippen molar-refractivity contribution in [3.63, 3.8) is 0 Å².